The van der Waals surface area contributed by atoms with Gasteiger partial charge in [0.25, 0.3) is 0 Å². The van der Waals surface area contributed by atoms with Gasteiger partial charge in [-0.25, -0.2) is 0 Å². The van der Waals surface area contributed by atoms with Crippen molar-refractivity contribution in [2.24, 2.45) is 5.41 Å². The molecule has 1 unspecified atom stereocenters. The molecular weight excluding hydrogens is 208 g/mol. The van der Waals surface area contributed by atoms with Crippen LogP contribution >= 0.6 is 0 Å². The highest BCUT2D eigenvalue weighted by Gasteiger charge is 2.40. The number of benzene rings is 1. The van der Waals surface area contributed by atoms with Gasteiger partial charge in [-0.3, -0.25) is 0 Å². The van der Waals surface area contributed by atoms with E-state index in [-0.39, 0.29) is 0 Å². The zero-order chi connectivity index (χ0) is 11.9. The summed E-state index contributed by atoms with van der Waals surface area (Å²) in [6, 6.07) is 6.64. The molecule has 2 aliphatic heterocycles. The van der Waals surface area contributed by atoms with Gasteiger partial charge in [0.15, 0.2) is 0 Å². The third kappa shape index (κ3) is 1.85. The summed E-state index contributed by atoms with van der Waals surface area (Å²) < 4.78 is 0. The predicted molar refractivity (Wildman–Crippen MR) is 72.7 cm³/mol. The van der Waals surface area contributed by atoms with Crippen molar-refractivity contribution in [2.45, 2.75) is 26.7 Å². The van der Waals surface area contributed by atoms with E-state index in [4.69, 9.17) is 0 Å². The van der Waals surface area contributed by atoms with Gasteiger partial charge < -0.3 is 10.2 Å². The molecule has 2 nitrogen and oxygen atoms in total. The molecule has 0 saturated carbocycles. The molecule has 2 heterocycles. The molecule has 2 heteroatoms. The van der Waals surface area contributed by atoms with Gasteiger partial charge in [-0.15, -0.1) is 0 Å². The highest BCUT2D eigenvalue weighted by molar-refractivity contribution is 5.59. The van der Waals surface area contributed by atoms with Crippen molar-refractivity contribution in [3.05, 3.63) is 29.3 Å². The number of hydrogen-bond donors (Lipinski definition) is 1. The largest absolute Gasteiger partial charge is 0.370 e. The number of rotatable bonds is 1. The summed E-state index contributed by atoms with van der Waals surface area (Å²) in [7, 11) is 0. The van der Waals surface area contributed by atoms with Crippen LogP contribution < -0.4 is 10.2 Å². The fourth-order valence-electron chi connectivity index (χ4n) is 3.57. The summed E-state index contributed by atoms with van der Waals surface area (Å²) in [4.78, 5) is 2.61. The summed E-state index contributed by atoms with van der Waals surface area (Å²) >= 11 is 0. The lowest BCUT2D eigenvalue weighted by Gasteiger charge is -2.26. The van der Waals surface area contributed by atoms with E-state index in [2.05, 4.69) is 42.3 Å². The fourth-order valence-corrected chi connectivity index (χ4v) is 3.57. The number of aryl methyl sites for hydroxylation is 2. The Kier molecular flexibility index (Phi) is 2.62. The van der Waals surface area contributed by atoms with Crippen molar-refractivity contribution < 1.29 is 0 Å². The molecule has 1 aromatic rings. The maximum absolute atomic E-state index is 3.53. The molecule has 2 aliphatic rings. The van der Waals surface area contributed by atoms with E-state index in [0.29, 0.717) is 5.41 Å². The predicted octanol–water partition coefficient (Wildman–Crippen LogP) is 2.49. The van der Waals surface area contributed by atoms with E-state index in [0.717, 1.165) is 0 Å². The fraction of sp³-hybridized carbons (Fsp3) is 0.600. The zero-order valence-corrected chi connectivity index (χ0v) is 10.9. The Hall–Kier alpha value is -1.02. The van der Waals surface area contributed by atoms with Crippen LogP contribution in [0.3, 0.4) is 0 Å². The zero-order valence-electron chi connectivity index (χ0n) is 10.9. The summed E-state index contributed by atoms with van der Waals surface area (Å²) in [6.07, 6.45) is 2.71. The van der Waals surface area contributed by atoms with Crippen molar-refractivity contribution in [2.75, 3.05) is 31.1 Å². The van der Waals surface area contributed by atoms with Crippen LogP contribution in [0.25, 0.3) is 0 Å². The molecule has 0 bridgehead atoms. The smallest absolute Gasteiger partial charge is 0.0425 e. The first-order chi connectivity index (χ1) is 8.20. The number of nitrogens with one attached hydrogen (secondary N) is 1. The molecular formula is C15H22N2. The van der Waals surface area contributed by atoms with E-state index >= 15 is 0 Å². The molecule has 0 radical (unpaired) electrons. The highest BCUT2D eigenvalue weighted by atomic mass is 15.2. The van der Waals surface area contributed by atoms with Crippen molar-refractivity contribution in [1.82, 2.24) is 5.32 Å². The molecule has 2 fully saturated rings. The molecule has 1 aromatic carbocycles. The lowest BCUT2D eigenvalue weighted by molar-refractivity contribution is 0.369. The minimum Gasteiger partial charge on any atom is -0.370 e. The molecule has 0 amide bonds. The second-order valence-electron chi connectivity index (χ2n) is 5.84. The average molecular weight is 230 g/mol. The van der Waals surface area contributed by atoms with Gasteiger partial charge in [0.05, 0.1) is 0 Å². The Balaban J connectivity index is 1.87. The maximum atomic E-state index is 3.53. The van der Waals surface area contributed by atoms with Gasteiger partial charge in [-0.05, 0) is 44.4 Å². The first-order valence-electron chi connectivity index (χ1n) is 6.72. The van der Waals surface area contributed by atoms with E-state index in [9.17, 15) is 0 Å². The minimum atomic E-state index is 0.564. The summed E-state index contributed by atoms with van der Waals surface area (Å²) in [5.41, 5.74) is 4.90. The Morgan fingerprint density at radius 3 is 2.59 bits per heavy atom. The molecule has 1 atom stereocenters. The summed E-state index contributed by atoms with van der Waals surface area (Å²) in [5, 5.41) is 3.53. The second kappa shape index (κ2) is 4.02. The lowest BCUT2D eigenvalue weighted by Crippen LogP contribution is -2.29. The van der Waals surface area contributed by atoms with Crippen LogP contribution in [0.15, 0.2) is 18.2 Å². The van der Waals surface area contributed by atoms with Gasteiger partial charge >= 0.3 is 0 Å². The monoisotopic (exact) mass is 230 g/mol. The molecule has 3 rings (SSSR count). The maximum Gasteiger partial charge on any atom is 0.0425 e. The van der Waals surface area contributed by atoms with Crippen molar-refractivity contribution in [3.63, 3.8) is 0 Å². The quantitative estimate of drug-likeness (QED) is 0.797. The van der Waals surface area contributed by atoms with Gasteiger partial charge in [0.1, 0.15) is 0 Å². The summed E-state index contributed by atoms with van der Waals surface area (Å²) in [5.74, 6) is 0. The van der Waals surface area contributed by atoms with Crippen molar-refractivity contribution >= 4 is 5.69 Å². The number of anilines is 1. The van der Waals surface area contributed by atoms with Gasteiger partial charge in [0.2, 0.25) is 0 Å². The van der Waals surface area contributed by atoms with Crippen LogP contribution in [0.1, 0.15) is 24.0 Å². The van der Waals surface area contributed by atoms with Gasteiger partial charge in [0, 0.05) is 30.7 Å². The minimum absolute atomic E-state index is 0.564. The lowest BCUT2D eigenvalue weighted by atomic mass is 9.86. The molecule has 0 aliphatic carbocycles. The topological polar surface area (TPSA) is 15.3 Å². The van der Waals surface area contributed by atoms with Crippen molar-refractivity contribution in [1.29, 1.82) is 0 Å². The van der Waals surface area contributed by atoms with E-state index in [1.165, 1.54) is 55.8 Å². The van der Waals surface area contributed by atoms with E-state index < -0.39 is 0 Å². The number of nitrogens with zero attached hydrogens (tertiary/aromatic N) is 1. The third-order valence-electron chi connectivity index (χ3n) is 4.53. The number of hydrogen-bond acceptors (Lipinski definition) is 2. The normalized spacial score (nSPS) is 28.2. The van der Waals surface area contributed by atoms with Crippen LogP contribution in [0.5, 0.6) is 0 Å². The van der Waals surface area contributed by atoms with Crippen LogP contribution in [0, 0.1) is 19.3 Å². The van der Waals surface area contributed by atoms with Gasteiger partial charge in [-0.1, -0.05) is 18.2 Å². The first kappa shape index (κ1) is 11.1. The number of para-hydroxylation sites is 1. The van der Waals surface area contributed by atoms with Gasteiger partial charge in [-0.2, -0.15) is 0 Å². The Labute approximate surface area is 104 Å². The van der Waals surface area contributed by atoms with E-state index in [1.807, 2.05) is 0 Å². The van der Waals surface area contributed by atoms with Crippen LogP contribution in [-0.2, 0) is 0 Å². The molecule has 92 valence electrons. The highest BCUT2D eigenvalue weighted by Crippen LogP contribution is 2.39. The molecule has 0 aromatic heterocycles. The van der Waals surface area contributed by atoms with E-state index in [1.54, 1.807) is 0 Å². The van der Waals surface area contributed by atoms with Crippen molar-refractivity contribution in [3.8, 4) is 0 Å². The molecule has 1 N–H and O–H groups in total. The Morgan fingerprint density at radius 2 is 1.94 bits per heavy atom. The molecule has 1 spiro atoms. The van der Waals surface area contributed by atoms with Crippen LogP contribution in [0.4, 0.5) is 5.69 Å². The summed E-state index contributed by atoms with van der Waals surface area (Å²) in [6.45, 7) is 9.37. The Morgan fingerprint density at radius 1 is 1.18 bits per heavy atom. The average Bonchev–Trinajstić information content (AvgIpc) is 2.90. The molecule has 2 saturated heterocycles. The van der Waals surface area contributed by atoms with Crippen LogP contribution in [0.2, 0.25) is 0 Å². The third-order valence-corrected chi connectivity index (χ3v) is 4.53. The second-order valence-corrected chi connectivity index (χ2v) is 5.84. The molecule has 17 heavy (non-hydrogen) atoms. The SMILES string of the molecule is Cc1cccc(C)c1N1CCC2(CCNC2)C1. The Bertz CT molecular complexity index is 399. The van der Waals surface area contributed by atoms with Crippen LogP contribution in [-0.4, -0.2) is 26.2 Å². The standard InChI is InChI=1S/C15H22N2/c1-12-4-3-5-13(2)14(12)17-9-7-15(11-17)6-8-16-10-15/h3-5,16H,6-11H2,1-2H3. The first-order valence-corrected chi connectivity index (χ1v) is 6.72.